The lowest BCUT2D eigenvalue weighted by molar-refractivity contribution is -0.122. The molecule has 1 amide bonds. The summed E-state index contributed by atoms with van der Waals surface area (Å²) in [5.41, 5.74) is 2.92. The number of aryl methyl sites for hydroxylation is 2. The van der Waals surface area contributed by atoms with Crippen LogP contribution in [0.25, 0.3) is 0 Å². The number of ether oxygens (including phenoxy) is 1. The van der Waals surface area contributed by atoms with Gasteiger partial charge in [-0.05, 0) is 68.1 Å². The van der Waals surface area contributed by atoms with E-state index in [0.717, 1.165) is 16.0 Å². The number of nitrogens with zero attached hydrogens (tertiary/aromatic N) is 1. The van der Waals surface area contributed by atoms with Crippen molar-refractivity contribution in [2.24, 2.45) is 0 Å². The van der Waals surface area contributed by atoms with E-state index in [1.165, 1.54) is 4.31 Å². The number of fused-ring (bicyclic) bond motifs is 1. The molecule has 8 heteroatoms. The predicted octanol–water partition coefficient (Wildman–Crippen LogP) is 4.62. The minimum Gasteiger partial charge on any atom is -0.476 e. The summed E-state index contributed by atoms with van der Waals surface area (Å²) in [6, 6.07) is 19.4. The monoisotopic (exact) mass is 468 g/mol. The van der Waals surface area contributed by atoms with Gasteiger partial charge in [0.05, 0.1) is 17.1 Å². The molecule has 0 bridgehead atoms. The van der Waals surface area contributed by atoms with Gasteiger partial charge < -0.3 is 10.1 Å². The van der Waals surface area contributed by atoms with Gasteiger partial charge >= 0.3 is 0 Å². The molecule has 1 N–H and O–H groups in total. The molecule has 0 unspecified atom stereocenters. The van der Waals surface area contributed by atoms with Crippen molar-refractivity contribution in [1.82, 2.24) is 0 Å². The smallest absolute Gasteiger partial charge is 0.267 e. The second-order valence-electron chi connectivity index (χ2n) is 7.65. The van der Waals surface area contributed by atoms with Crippen molar-refractivity contribution in [2.45, 2.75) is 29.7 Å². The van der Waals surface area contributed by atoms with Crippen molar-refractivity contribution in [1.29, 1.82) is 0 Å². The number of carbonyl (C=O) groups excluding carboxylic acids is 1. The van der Waals surface area contributed by atoms with Crippen molar-refractivity contribution in [3.63, 3.8) is 0 Å². The summed E-state index contributed by atoms with van der Waals surface area (Å²) < 4.78 is 34.2. The second kappa shape index (κ2) is 8.88. The molecule has 3 aromatic carbocycles. The lowest BCUT2D eigenvalue weighted by Gasteiger charge is -2.35. The molecule has 1 aliphatic rings. The SMILES string of the molecule is CSc1cccc(NC(=O)[C@@H]2CN(S(=O)(=O)c3ccc(C)cc3)c3cc(C)ccc3O2)c1. The molecule has 0 saturated heterocycles. The highest BCUT2D eigenvalue weighted by Gasteiger charge is 2.37. The first-order valence-electron chi connectivity index (χ1n) is 10.1. The zero-order valence-corrected chi connectivity index (χ0v) is 19.7. The van der Waals surface area contributed by atoms with E-state index in [4.69, 9.17) is 4.74 Å². The molecule has 32 heavy (non-hydrogen) atoms. The topological polar surface area (TPSA) is 75.7 Å². The molecule has 0 spiro atoms. The van der Waals surface area contributed by atoms with Gasteiger partial charge in [-0.1, -0.05) is 29.8 Å². The van der Waals surface area contributed by atoms with Crippen molar-refractivity contribution < 1.29 is 17.9 Å². The van der Waals surface area contributed by atoms with Crippen LogP contribution >= 0.6 is 11.8 Å². The Labute approximate surface area is 192 Å². The Kier molecular flexibility index (Phi) is 6.17. The van der Waals surface area contributed by atoms with Crippen LogP contribution < -0.4 is 14.4 Å². The van der Waals surface area contributed by atoms with Crippen LogP contribution in [0.1, 0.15) is 11.1 Å². The van der Waals surface area contributed by atoms with E-state index in [2.05, 4.69) is 5.32 Å². The Morgan fingerprint density at radius 1 is 1.03 bits per heavy atom. The Morgan fingerprint density at radius 2 is 1.75 bits per heavy atom. The van der Waals surface area contributed by atoms with Crippen LogP contribution in [-0.2, 0) is 14.8 Å². The maximum atomic E-state index is 13.5. The zero-order chi connectivity index (χ0) is 22.9. The number of benzene rings is 3. The van der Waals surface area contributed by atoms with Gasteiger partial charge in [-0.2, -0.15) is 0 Å². The number of amides is 1. The normalized spacial score (nSPS) is 15.6. The molecule has 0 fully saturated rings. The number of nitrogens with one attached hydrogen (secondary N) is 1. The molecule has 3 aromatic rings. The molecule has 1 heterocycles. The first kappa shape index (κ1) is 22.2. The highest BCUT2D eigenvalue weighted by atomic mass is 32.2. The fourth-order valence-corrected chi connectivity index (χ4v) is 5.41. The summed E-state index contributed by atoms with van der Waals surface area (Å²) >= 11 is 1.57. The maximum absolute atomic E-state index is 13.5. The number of hydrogen-bond acceptors (Lipinski definition) is 5. The molecular weight excluding hydrogens is 444 g/mol. The molecule has 0 saturated carbocycles. The highest BCUT2D eigenvalue weighted by Crippen LogP contribution is 2.38. The van der Waals surface area contributed by atoms with Crippen LogP contribution in [-0.4, -0.2) is 33.2 Å². The van der Waals surface area contributed by atoms with Crippen LogP contribution in [0.4, 0.5) is 11.4 Å². The van der Waals surface area contributed by atoms with E-state index in [0.29, 0.717) is 17.1 Å². The third-order valence-electron chi connectivity index (χ3n) is 5.22. The van der Waals surface area contributed by atoms with Crippen molar-refractivity contribution in [3.05, 3.63) is 77.9 Å². The summed E-state index contributed by atoms with van der Waals surface area (Å²) in [7, 11) is -3.89. The number of carbonyl (C=O) groups is 1. The predicted molar refractivity (Wildman–Crippen MR) is 128 cm³/mol. The minimum atomic E-state index is -3.89. The van der Waals surface area contributed by atoms with Crippen LogP contribution in [0.3, 0.4) is 0 Å². The summed E-state index contributed by atoms with van der Waals surface area (Å²) in [6.07, 6.45) is 0.959. The van der Waals surface area contributed by atoms with Crippen molar-refractivity contribution in [3.8, 4) is 5.75 Å². The summed E-state index contributed by atoms with van der Waals surface area (Å²) in [5.74, 6) is -0.0471. The number of sulfonamides is 1. The average molecular weight is 469 g/mol. The van der Waals surface area contributed by atoms with Crippen LogP contribution in [0.15, 0.2) is 76.5 Å². The van der Waals surface area contributed by atoms with Crippen LogP contribution in [0.5, 0.6) is 5.75 Å². The van der Waals surface area contributed by atoms with Gasteiger partial charge in [-0.25, -0.2) is 8.42 Å². The Hall–Kier alpha value is -2.97. The lowest BCUT2D eigenvalue weighted by atomic mass is 10.1. The van der Waals surface area contributed by atoms with E-state index in [-0.39, 0.29) is 11.4 Å². The van der Waals surface area contributed by atoms with Gasteiger partial charge in [0.1, 0.15) is 5.75 Å². The quantitative estimate of drug-likeness (QED) is 0.553. The number of hydrogen-bond donors (Lipinski definition) is 1. The van der Waals surface area contributed by atoms with Crippen LogP contribution in [0.2, 0.25) is 0 Å². The third kappa shape index (κ3) is 4.47. The summed E-state index contributed by atoms with van der Waals surface area (Å²) in [4.78, 5) is 14.2. The first-order valence-corrected chi connectivity index (χ1v) is 12.8. The molecule has 6 nitrogen and oxygen atoms in total. The van der Waals surface area contributed by atoms with Gasteiger partial charge in [-0.3, -0.25) is 9.10 Å². The minimum absolute atomic E-state index is 0.124. The largest absolute Gasteiger partial charge is 0.476 e. The van der Waals surface area contributed by atoms with Gasteiger partial charge in [0, 0.05) is 10.6 Å². The van der Waals surface area contributed by atoms with Gasteiger partial charge in [0.2, 0.25) is 0 Å². The molecular formula is C24H24N2O4S2. The van der Waals surface area contributed by atoms with E-state index >= 15 is 0 Å². The van der Waals surface area contributed by atoms with Gasteiger partial charge in [-0.15, -0.1) is 11.8 Å². The van der Waals surface area contributed by atoms with Crippen molar-refractivity contribution in [2.75, 3.05) is 22.4 Å². The number of thioether (sulfide) groups is 1. The Balaban J connectivity index is 1.68. The van der Waals surface area contributed by atoms with E-state index in [1.807, 2.05) is 44.4 Å². The standard InChI is InChI=1S/C24H24N2O4S2/c1-16-7-10-20(11-8-16)32(28,29)26-15-23(30-22-12-9-17(2)13-21(22)26)24(27)25-18-5-4-6-19(14-18)31-3/h4-14,23H,15H2,1-3H3,(H,25,27)/t23-/m0/s1. The zero-order valence-electron chi connectivity index (χ0n) is 18.0. The molecule has 166 valence electrons. The van der Waals surface area contributed by atoms with Crippen LogP contribution in [0, 0.1) is 13.8 Å². The Bertz CT molecular complexity index is 1260. The molecule has 0 aliphatic carbocycles. The molecule has 0 radical (unpaired) electrons. The number of anilines is 2. The summed E-state index contributed by atoms with van der Waals surface area (Å²) in [5, 5.41) is 2.85. The van der Waals surface area contributed by atoms with E-state index < -0.39 is 22.0 Å². The molecule has 4 rings (SSSR count). The fourth-order valence-electron chi connectivity index (χ4n) is 3.49. The molecule has 0 aromatic heterocycles. The van der Waals surface area contributed by atoms with E-state index in [9.17, 15) is 13.2 Å². The van der Waals surface area contributed by atoms with Gasteiger partial charge in [0.15, 0.2) is 6.10 Å². The average Bonchev–Trinajstić information content (AvgIpc) is 2.78. The highest BCUT2D eigenvalue weighted by molar-refractivity contribution is 7.98. The fraction of sp³-hybridized carbons (Fsp3) is 0.208. The van der Waals surface area contributed by atoms with Gasteiger partial charge in [0.25, 0.3) is 15.9 Å². The van der Waals surface area contributed by atoms with E-state index in [1.54, 1.807) is 54.2 Å². The van der Waals surface area contributed by atoms with Crippen molar-refractivity contribution >= 4 is 39.1 Å². The number of rotatable bonds is 5. The lowest BCUT2D eigenvalue weighted by Crippen LogP contribution is -2.48. The summed E-state index contributed by atoms with van der Waals surface area (Å²) in [6.45, 7) is 3.66. The Morgan fingerprint density at radius 3 is 2.47 bits per heavy atom. The first-order chi connectivity index (χ1) is 15.3. The molecule has 1 atom stereocenters. The second-order valence-corrected chi connectivity index (χ2v) is 10.4. The third-order valence-corrected chi connectivity index (χ3v) is 7.74. The maximum Gasteiger partial charge on any atom is 0.267 e. The molecule has 1 aliphatic heterocycles.